The van der Waals surface area contributed by atoms with Gasteiger partial charge in [0, 0.05) is 6.07 Å². The van der Waals surface area contributed by atoms with Gasteiger partial charge in [-0.25, -0.2) is 5.10 Å². The van der Waals surface area contributed by atoms with Gasteiger partial charge in [0.1, 0.15) is 5.69 Å². The Hall–Kier alpha value is -0.830. The fourth-order valence-corrected chi connectivity index (χ4v) is 2.05. The molecule has 0 spiro atoms. The molecule has 0 atom stereocenters. The van der Waals surface area contributed by atoms with E-state index in [0.29, 0.717) is 10.7 Å². The number of halogens is 1. The molecule has 0 aromatic carbocycles. The van der Waals surface area contributed by atoms with Crippen LogP contribution in [0.15, 0.2) is 16.9 Å². The fraction of sp³-hybridized carbons (Fsp3) is 0. The first-order valence-electron chi connectivity index (χ1n) is 3.31. The van der Waals surface area contributed by atoms with Gasteiger partial charge < -0.3 is 0 Å². The second-order valence-corrected chi connectivity index (χ2v) is 4.90. The van der Waals surface area contributed by atoms with Crippen molar-refractivity contribution in [2.75, 3.05) is 0 Å². The Labute approximate surface area is 90.4 Å². The Morgan fingerprint density at radius 2 is 2.23 bits per heavy atom. The van der Waals surface area contributed by atoms with Crippen molar-refractivity contribution in [3.05, 3.63) is 25.5 Å². The molecule has 7 heteroatoms. The van der Waals surface area contributed by atoms with Crippen LogP contribution in [0.2, 0.25) is 0 Å². The van der Waals surface area contributed by atoms with Crippen molar-refractivity contribution in [3.63, 3.8) is 0 Å². The molecular weight excluding hydrogens is 303 g/mol. The van der Waals surface area contributed by atoms with Crippen LogP contribution in [0.3, 0.4) is 0 Å². The van der Waals surface area contributed by atoms with Crippen molar-refractivity contribution in [1.29, 1.82) is 0 Å². The van der Waals surface area contributed by atoms with Gasteiger partial charge in [-0.1, -0.05) is 11.3 Å². The molecule has 0 saturated heterocycles. The van der Waals surface area contributed by atoms with Crippen LogP contribution in [0.5, 0.6) is 0 Å². The molecule has 5 nitrogen and oxygen atoms in total. The molecule has 0 radical (unpaired) electrons. The summed E-state index contributed by atoms with van der Waals surface area (Å²) in [5, 5.41) is 14.6. The highest BCUT2D eigenvalue weighted by molar-refractivity contribution is 14.1. The van der Waals surface area contributed by atoms with E-state index in [1.54, 1.807) is 6.07 Å². The summed E-state index contributed by atoms with van der Waals surface area (Å²) in [7, 11) is 0. The summed E-state index contributed by atoms with van der Waals surface area (Å²) in [5.74, 6) is 0. The first-order chi connectivity index (χ1) is 6.25. The number of H-pyrrole nitrogens is 1. The quantitative estimate of drug-likeness (QED) is 0.794. The van der Waals surface area contributed by atoms with Crippen molar-refractivity contribution in [1.82, 2.24) is 20.4 Å². The second-order valence-electron chi connectivity index (χ2n) is 2.17. The van der Waals surface area contributed by atoms with Gasteiger partial charge in [-0.3, -0.25) is 4.79 Å². The van der Waals surface area contributed by atoms with E-state index in [4.69, 9.17) is 0 Å². The van der Waals surface area contributed by atoms with E-state index < -0.39 is 0 Å². The number of aromatic amines is 1. The molecule has 0 aliphatic heterocycles. The molecule has 0 bridgehead atoms. The highest BCUT2D eigenvalue weighted by Gasteiger charge is 2.05. The highest BCUT2D eigenvalue weighted by atomic mass is 127. The molecular formula is C6H3IN4OS. The number of hydrogen-bond acceptors (Lipinski definition) is 5. The highest BCUT2D eigenvalue weighted by Crippen LogP contribution is 2.20. The van der Waals surface area contributed by atoms with Crippen LogP contribution >= 0.6 is 33.9 Å². The number of nitrogens with one attached hydrogen (secondary N) is 1. The maximum absolute atomic E-state index is 10.7. The van der Waals surface area contributed by atoms with Gasteiger partial charge in [0.15, 0.2) is 8.02 Å². The first-order valence-corrected chi connectivity index (χ1v) is 5.20. The normalized spacial score (nSPS) is 10.2. The summed E-state index contributed by atoms with van der Waals surface area (Å²) >= 11 is 3.51. The molecule has 0 fully saturated rings. The zero-order valence-corrected chi connectivity index (χ0v) is 9.16. The summed E-state index contributed by atoms with van der Waals surface area (Å²) in [5.41, 5.74) is 0.419. The minimum absolute atomic E-state index is 0.219. The summed E-state index contributed by atoms with van der Waals surface area (Å²) in [6, 6.07) is 3.03. The van der Waals surface area contributed by atoms with E-state index in [0.717, 1.165) is 3.01 Å². The predicted molar refractivity (Wildman–Crippen MR) is 56.5 cm³/mol. The largest absolute Gasteiger partial charge is 0.268 e. The molecule has 13 heavy (non-hydrogen) atoms. The summed E-state index contributed by atoms with van der Waals surface area (Å²) in [6.45, 7) is 0. The number of rotatable bonds is 1. The van der Waals surface area contributed by atoms with E-state index in [-0.39, 0.29) is 5.56 Å². The summed E-state index contributed by atoms with van der Waals surface area (Å²) in [6.07, 6.45) is 0. The van der Waals surface area contributed by atoms with Gasteiger partial charge in [-0.2, -0.15) is 5.10 Å². The van der Waals surface area contributed by atoms with Crippen molar-refractivity contribution in [3.8, 4) is 10.7 Å². The molecule has 0 aliphatic rings. The van der Waals surface area contributed by atoms with Crippen LogP contribution in [0.4, 0.5) is 0 Å². The lowest BCUT2D eigenvalue weighted by molar-refractivity contribution is 0.981. The lowest BCUT2D eigenvalue weighted by Gasteiger charge is -1.89. The zero-order chi connectivity index (χ0) is 9.26. The summed E-state index contributed by atoms with van der Waals surface area (Å²) < 4.78 is 0.848. The standard InChI is InChI=1S/C6H3IN4OS/c7-6-11-10-5(13-6)3-1-2-4(12)9-8-3/h1-2H,(H,9,12). The SMILES string of the molecule is O=c1ccc(-c2nnc(I)s2)n[nH]1. The van der Waals surface area contributed by atoms with Crippen molar-refractivity contribution < 1.29 is 0 Å². The third kappa shape index (κ3) is 1.91. The average molecular weight is 306 g/mol. The van der Waals surface area contributed by atoms with Crippen molar-refractivity contribution >= 4 is 33.9 Å². The van der Waals surface area contributed by atoms with Crippen molar-refractivity contribution in [2.45, 2.75) is 0 Å². The molecule has 0 saturated carbocycles. The van der Waals surface area contributed by atoms with E-state index in [1.165, 1.54) is 17.4 Å². The fourth-order valence-electron chi connectivity index (χ4n) is 0.772. The Morgan fingerprint density at radius 1 is 1.38 bits per heavy atom. The topological polar surface area (TPSA) is 71.5 Å². The molecule has 2 heterocycles. The number of nitrogens with zero attached hydrogens (tertiary/aromatic N) is 3. The molecule has 66 valence electrons. The Kier molecular flexibility index (Phi) is 2.36. The second kappa shape index (κ2) is 3.50. The van der Waals surface area contributed by atoms with E-state index in [2.05, 4.69) is 43.0 Å². The van der Waals surface area contributed by atoms with Crippen LogP contribution in [0.25, 0.3) is 10.7 Å². The van der Waals surface area contributed by atoms with Crippen LogP contribution in [-0.4, -0.2) is 20.4 Å². The number of hydrogen-bond donors (Lipinski definition) is 1. The van der Waals surface area contributed by atoms with Crippen molar-refractivity contribution in [2.24, 2.45) is 0 Å². The Bertz CT molecular complexity index is 459. The van der Waals surface area contributed by atoms with Crippen LogP contribution in [0.1, 0.15) is 0 Å². The minimum Gasteiger partial charge on any atom is -0.268 e. The van der Waals surface area contributed by atoms with Gasteiger partial charge in [-0.05, 0) is 28.7 Å². The summed E-state index contributed by atoms with van der Waals surface area (Å²) in [4.78, 5) is 10.7. The van der Waals surface area contributed by atoms with Crippen LogP contribution in [-0.2, 0) is 0 Å². The maximum Gasteiger partial charge on any atom is 0.264 e. The smallest absolute Gasteiger partial charge is 0.264 e. The Balaban J connectivity index is 2.47. The Morgan fingerprint density at radius 3 is 2.77 bits per heavy atom. The van der Waals surface area contributed by atoms with Gasteiger partial charge in [0.25, 0.3) is 5.56 Å². The molecule has 0 aliphatic carbocycles. The number of aromatic nitrogens is 4. The third-order valence-electron chi connectivity index (χ3n) is 1.30. The van der Waals surface area contributed by atoms with E-state index in [1.807, 2.05) is 0 Å². The molecule has 2 rings (SSSR count). The van der Waals surface area contributed by atoms with Crippen LogP contribution < -0.4 is 5.56 Å². The minimum atomic E-state index is -0.219. The molecule has 2 aromatic rings. The molecule has 0 amide bonds. The third-order valence-corrected chi connectivity index (χ3v) is 2.91. The van der Waals surface area contributed by atoms with E-state index in [9.17, 15) is 4.79 Å². The lowest BCUT2D eigenvalue weighted by Crippen LogP contribution is -2.05. The molecule has 0 unspecified atom stereocenters. The van der Waals surface area contributed by atoms with Gasteiger partial charge >= 0.3 is 0 Å². The average Bonchev–Trinajstić information content (AvgIpc) is 2.53. The van der Waals surface area contributed by atoms with Gasteiger partial charge in [0.2, 0.25) is 0 Å². The molecule has 2 aromatic heterocycles. The lowest BCUT2D eigenvalue weighted by atomic mass is 10.4. The van der Waals surface area contributed by atoms with Crippen LogP contribution in [0, 0.1) is 3.01 Å². The maximum atomic E-state index is 10.7. The molecule has 1 N–H and O–H groups in total. The van der Waals surface area contributed by atoms with Gasteiger partial charge in [0.05, 0.1) is 0 Å². The van der Waals surface area contributed by atoms with Gasteiger partial charge in [-0.15, -0.1) is 10.2 Å². The van der Waals surface area contributed by atoms with E-state index >= 15 is 0 Å². The zero-order valence-electron chi connectivity index (χ0n) is 6.19. The monoisotopic (exact) mass is 306 g/mol. The first kappa shape index (κ1) is 8.75. The predicted octanol–water partition coefficient (Wildman–Crippen LogP) is 0.893.